The van der Waals surface area contributed by atoms with Gasteiger partial charge < -0.3 is 9.78 Å². The molecule has 16 heavy (non-hydrogen) atoms. The van der Waals surface area contributed by atoms with Gasteiger partial charge in [0.1, 0.15) is 17.6 Å². The number of carbonyl (C=O) groups excluding carboxylic acids is 1. The number of H-pyrrole nitrogens is 1. The van der Waals surface area contributed by atoms with Gasteiger partial charge in [-0.15, -0.1) is 0 Å². The van der Waals surface area contributed by atoms with Gasteiger partial charge in [0.05, 0.1) is 17.5 Å². The molecule has 0 spiro atoms. The maximum atomic E-state index is 12.6. The summed E-state index contributed by atoms with van der Waals surface area (Å²) in [6.07, 6.45) is -3.87. The van der Waals surface area contributed by atoms with Crippen molar-refractivity contribution in [3.8, 4) is 0 Å². The number of aromatic amines is 1. The van der Waals surface area contributed by atoms with Crippen LogP contribution in [-0.4, -0.2) is 16.3 Å². The Morgan fingerprint density at radius 2 is 2.12 bits per heavy atom. The molecule has 0 unspecified atom stereocenters. The number of alkyl halides is 3. The molecule has 1 aromatic heterocycles. The second-order valence-electron chi connectivity index (χ2n) is 3.25. The molecule has 0 saturated heterocycles. The summed E-state index contributed by atoms with van der Waals surface area (Å²) < 4.78 is 37.8. The number of benzene rings is 1. The van der Waals surface area contributed by atoms with Crippen LogP contribution in [0.25, 0.3) is 11.0 Å². The maximum absolute atomic E-state index is 12.6. The van der Waals surface area contributed by atoms with Crippen LogP contribution in [0.1, 0.15) is 11.4 Å². The van der Waals surface area contributed by atoms with Gasteiger partial charge in [-0.1, -0.05) is 6.07 Å². The van der Waals surface area contributed by atoms with E-state index in [2.05, 4.69) is 9.97 Å². The quantitative estimate of drug-likeness (QED) is 0.802. The van der Waals surface area contributed by atoms with E-state index in [9.17, 15) is 18.0 Å². The molecule has 2 aromatic rings. The van der Waals surface area contributed by atoms with Crippen molar-refractivity contribution in [2.24, 2.45) is 0 Å². The number of carbonyl (C=O) groups is 1. The standard InChI is InChI=1S/C10H7F3N2O/c11-10(12,13)6-2-1-3-7-9(6)15-8(14-7)4-5-16/h1-3,5H,4H2,(H,14,15). The van der Waals surface area contributed by atoms with Gasteiger partial charge in [-0.05, 0) is 12.1 Å². The van der Waals surface area contributed by atoms with E-state index >= 15 is 0 Å². The lowest BCUT2D eigenvalue weighted by atomic mass is 10.2. The fourth-order valence-corrected chi connectivity index (χ4v) is 1.49. The SMILES string of the molecule is O=CCc1nc2c(C(F)(F)F)cccc2[nH]1. The van der Waals surface area contributed by atoms with Gasteiger partial charge in [-0.25, -0.2) is 4.98 Å². The van der Waals surface area contributed by atoms with Gasteiger partial charge in [-0.2, -0.15) is 13.2 Å². The molecule has 0 fully saturated rings. The first-order valence-corrected chi connectivity index (χ1v) is 4.51. The monoisotopic (exact) mass is 228 g/mol. The molecule has 1 aromatic carbocycles. The average Bonchev–Trinajstić information content (AvgIpc) is 2.58. The van der Waals surface area contributed by atoms with E-state index < -0.39 is 11.7 Å². The Balaban J connectivity index is 2.63. The molecule has 0 aliphatic rings. The van der Waals surface area contributed by atoms with E-state index in [-0.39, 0.29) is 23.3 Å². The molecular formula is C10H7F3N2O. The molecule has 0 aliphatic heterocycles. The van der Waals surface area contributed by atoms with Gasteiger partial charge in [0.2, 0.25) is 0 Å². The van der Waals surface area contributed by atoms with Gasteiger partial charge in [0, 0.05) is 0 Å². The lowest BCUT2D eigenvalue weighted by molar-refractivity contribution is -0.136. The molecule has 3 nitrogen and oxygen atoms in total. The van der Waals surface area contributed by atoms with Crippen LogP contribution in [0.5, 0.6) is 0 Å². The summed E-state index contributed by atoms with van der Waals surface area (Å²) >= 11 is 0. The Bertz CT molecular complexity index is 530. The van der Waals surface area contributed by atoms with Crippen LogP contribution >= 0.6 is 0 Å². The predicted molar refractivity (Wildman–Crippen MR) is 50.9 cm³/mol. The first-order valence-electron chi connectivity index (χ1n) is 4.51. The molecule has 6 heteroatoms. The van der Waals surface area contributed by atoms with Crippen LogP contribution in [0.2, 0.25) is 0 Å². The van der Waals surface area contributed by atoms with Crippen LogP contribution in [-0.2, 0) is 17.4 Å². The minimum atomic E-state index is -4.44. The summed E-state index contributed by atoms with van der Waals surface area (Å²) in [4.78, 5) is 16.7. The summed E-state index contributed by atoms with van der Waals surface area (Å²) in [5, 5.41) is 0. The summed E-state index contributed by atoms with van der Waals surface area (Å²) in [5.74, 6) is 0.238. The van der Waals surface area contributed by atoms with Crippen molar-refractivity contribution in [2.45, 2.75) is 12.6 Å². The molecule has 0 radical (unpaired) electrons. The van der Waals surface area contributed by atoms with E-state index in [1.54, 1.807) is 0 Å². The summed E-state index contributed by atoms with van der Waals surface area (Å²) in [7, 11) is 0. The van der Waals surface area contributed by atoms with Crippen molar-refractivity contribution in [2.75, 3.05) is 0 Å². The van der Waals surface area contributed by atoms with Crippen molar-refractivity contribution in [1.29, 1.82) is 0 Å². The number of para-hydroxylation sites is 1. The minimum Gasteiger partial charge on any atom is -0.342 e. The predicted octanol–water partition coefficient (Wildman–Crippen LogP) is 2.32. The van der Waals surface area contributed by atoms with Gasteiger partial charge in [0.25, 0.3) is 0 Å². The Labute approximate surface area is 88.3 Å². The molecule has 1 heterocycles. The summed E-state index contributed by atoms with van der Waals surface area (Å²) in [5.41, 5.74) is -0.656. The van der Waals surface area contributed by atoms with Gasteiger partial charge in [0.15, 0.2) is 0 Å². The Hall–Kier alpha value is -1.85. The van der Waals surface area contributed by atoms with Crippen LogP contribution in [0.3, 0.4) is 0 Å². The maximum Gasteiger partial charge on any atom is 0.418 e. The zero-order valence-corrected chi connectivity index (χ0v) is 8.01. The molecule has 1 N–H and O–H groups in total. The molecule has 0 bridgehead atoms. The first-order chi connectivity index (χ1) is 7.52. The highest BCUT2D eigenvalue weighted by Gasteiger charge is 2.33. The normalized spacial score (nSPS) is 11.9. The third-order valence-electron chi connectivity index (χ3n) is 2.14. The number of hydrogen-bond donors (Lipinski definition) is 1. The van der Waals surface area contributed by atoms with Crippen LogP contribution in [0, 0.1) is 0 Å². The van der Waals surface area contributed by atoms with E-state index in [1.165, 1.54) is 12.1 Å². The largest absolute Gasteiger partial charge is 0.418 e. The molecule has 0 amide bonds. The fourth-order valence-electron chi connectivity index (χ4n) is 1.49. The third kappa shape index (κ3) is 1.78. The number of rotatable bonds is 2. The lowest BCUT2D eigenvalue weighted by Crippen LogP contribution is -2.05. The van der Waals surface area contributed by atoms with Crippen LogP contribution in [0.4, 0.5) is 13.2 Å². The fraction of sp³-hybridized carbons (Fsp3) is 0.200. The molecule has 0 aliphatic carbocycles. The summed E-state index contributed by atoms with van der Waals surface area (Å²) in [6.45, 7) is 0. The van der Waals surface area contributed by atoms with Crippen molar-refractivity contribution >= 4 is 17.3 Å². The Kier molecular flexibility index (Phi) is 2.41. The number of halogens is 3. The minimum absolute atomic E-state index is 0.0218. The highest BCUT2D eigenvalue weighted by atomic mass is 19.4. The smallest absolute Gasteiger partial charge is 0.342 e. The highest BCUT2D eigenvalue weighted by molar-refractivity contribution is 5.79. The molecular weight excluding hydrogens is 221 g/mol. The average molecular weight is 228 g/mol. The van der Waals surface area contributed by atoms with Crippen molar-refractivity contribution < 1.29 is 18.0 Å². The number of nitrogens with one attached hydrogen (secondary N) is 1. The number of hydrogen-bond acceptors (Lipinski definition) is 2. The van der Waals surface area contributed by atoms with Crippen molar-refractivity contribution in [1.82, 2.24) is 9.97 Å². The number of nitrogens with zero attached hydrogens (tertiary/aromatic N) is 1. The number of aromatic nitrogens is 2. The van der Waals surface area contributed by atoms with Gasteiger partial charge >= 0.3 is 6.18 Å². The molecule has 0 saturated carbocycles. The number of imidazole rings is 1. The van der Waals surface area contributed by atoms with E-state index in [4.69, 9.17) is 0 Å². The van der Waals surface area contributed by atoms with Crippen molar-refractivity contribution in [3.05, 3.63) is 29.6 Å². The molecule has 2 rings (SSSR count). The molecule has 84 valence electrons. The highest BCUT2D eigenvalue weighted by Crippen LogP contribution is 2.33. The molecule has 0 atom stereocenters. The second-order valence-corrected chi connectivity index (χ2v) is 3.25. The Morgan fingerprint density at radius 3 is 2.75 bits per heavy atom. The number of fused-ring (bicyclic) bond motifs is 1. The van der Waals surface area contributed by atoms with Crippen molar-refractivity contribution in [3.63, 3.8) is 0 Å². The van der Waals surface area contributed by atoms with Crippen LogP contribution in [0.15, 0.2) is 18.2 Å². The second kappa shape index (κ2) is 3.62. The van der Waals surface area contributed by atoms with E-state index in [0.717, 1.165) is 6.07 Å². The third-order valence-corrected chi connectivity index (χ3v) is 2.14. The summed E-state index contributed by atoms with van der Waals surface area (Å²) in [6, 6.07) is 3.76. The first kappa shape index (κ1) is 10.7. The Morgan fingerprint density at radius 1 is 1.38 bits per heavy atom. The van der Waals surface area contributed by atoms with E-state index in [0.29, 0.717) is 6.29 Å². The zero-order chi connectivity index (χ0) is 11.8. The zero-order valence-electron chi connectivity index (χ0n) is 8.01. The topological polar surface area (TPSA) is 45.8 Å². The van der Waals surface area contributed by atoms with E-state index in [1.807, 2.05) is 0 Å². The van der Waals surface area contributed by atoms with Crippen LogP contribution < -0.4 is 0 Å². The number of aldehydes is 1. The van der Waals surface area contributed by atoms with Gasteiger partial charge in [-0.3, -0.25) is 0 Å². The lowest BCUT2D eigenvalue weighted by Gasteiger charge is -2.05.